The van der Waals surface area contributed by atoms with Gasteiger partial charge in [-0.3, -0.25) is 0 Å². The third kappa shape index (κ3) is 2.77. The van der Waals surface area contributed by atoms with Gasteiger partial charge in [0.2, 0.25) is 0 Å². The molecule has 0 heterocycles. The number of rotatable bonds is 2. The molecule has 0 saturated heterocycles. The van der Waals surface area contributed by atoms with Crippen LogP contribution in [0.1, 0.15) is 5.56 Å². The molecule has 0 unspecified atom stereocenters. The Hall–Kier alpha value is -1.55. The third-order valence-corrected chi connectivity index (χ3v) is 3.00. The van der Waals surface area contributed by atoms with Crippen LogP contribution in [0.5, 0.6) is 0 Å². The van der Waals surface area contributed by atoms with E-state index in [-0.39, 0.29) is 5.82 Å². The number of nitrogens with one attached hydrogen (secondary N) is 1. The molecular weight excluding hydrogens is 283 g/mol. The van der Waals surface area contributed by atoms with Crippen molar-refractivity contribution in [3.05, 3.63) is 52.3 Å². The smallest absolute Gasteiger partial charge is 0.139 e. The zero-order valence-electron chi connectivity index (χ0n) is 9.30. The van der Waals surface area contributed by atoms with Gasteiger partial charge in [0.15, 0.2) is 0 Å². The molecule has 2 aromatic carbocycles. The quantitative estimate of drug-likeness (QED) is 0.814. The molecule has 0 aromatic heterocycles. The Labute approximate surface area is 108 Å². The van der Waals surface area contributed by atoms with Crippen molar-refractivity contribution in [1.82, 2.24) is 0 Å². The molecule has 0 aliphatic carbocycles. The van der Waals surface area contributed by atoms with Gasteiger partial charge in [-0.1, -0.05) is 12.1 Å². The van der Waals surface area contributed by atoms with Crippen LogP contribution in [0.2, 0.25) is 0 Å². The summed E-state index contributed by atoms with van der Waals surface area (Å²) in [7, 11) is 0. The predicted molar refractivity (Wildman–Crippen MR) is 73.0 cm³/mol. The van der Waals surface area contributed by atoms with Gasteiger partial charge in [-0.25, -0.2) is 4.39 Å². The van der Waals surface area contributed by atoms with Crippen molar-refractivity contribution in [3.63, 3.8) is 0 Å². The van der Waals surface area contributed by atoms with Crippen molar-refractivity contribution in [2.45, 2.75) is 6.92 Å². The Balaban J connectivity index is 2.33. The molecule has 0 atom stereocenters. The normalized spacial score (nSPS) is 10.3. The fraction of sp³-hybridized carbons (Fsp3) is 0.0769. The minimum absolute atomic E-state index is 0.364. The highest BCUT2D eigenvalue weighted by Gasteiger charge is 2.06. The largest absolute Gasteiger partial charge is 0.397 e. The number of nitrogen functional groups attached to an aromatic ring is 1. The summed E-state index contributed by atoms with van der Waals surface area (Å²) in [6.07, 6.45) is 0. The van der Waals surface area contributed by atoms with E-state index < -0.39 is 0 Å². The van der Waals surface area contributed by atoms with E-state index in [9.17, 15) is 4.39 Å². The predicted octanol–water partition coefficient (Wildman–Crippen LogP) is 4.22. The maximum Gasteiger partial charge on any atom is 0.139 e. The van der Waals surface area contributed by atoms with E-state index in [2.05, 4.69) is 21.2 Å². The minimum atomic E-state index is -0.364. The first-order valence-electron chi connectivity index (χ1n) is 5.14. The van der Waals surface area contributed by atoms with E-state index in [1.807, 2.05) is 31.2 Å². The van der Waals surface area contributed by atoms with Crippen molar-refractivity contribution >= 4 is 33.0 Å². The lowest BCUT2D eigenvalue weighted by molar-refractivity contribution is 0.622. The second-order valence-electron chi connectivity index (χ2n) is 3.85. The molecule has 3 N–H and O–H groups in total. The van der Waals surface area contributed by atoms with Crippen molar-refractivity contribution < 1.29 is 4.39 Å². The van der Waals surface area contributed by atoms with E-state index in [0.717, 1.165) is 11.3 Å². The molecular formula is C13H12BrFN2. The topological polar surface area (TPSA) is 38.0 Å². The maximum absolute atomic E-state index is 13.2. The summed E-state index contributed by atoms with van der Waals surface area (Å²) < 4.78 is 13.6. The molecule has 0 aliphatic heterocycles. The fourth-order valence-electron chi connectivity index (χ4n) is 1.55. The van der Waals surface area contributed by atoms with E-state index in [4.69, 9.17) is 5.73 Å². The summed E-state index contributed by atoms with van der Waals surface area (Å²) in [5.74, 6) is -0.364. The standard InChI is InChI=1S/C13H12BrFN2/c1-8-3-2-4-9(5-8)17-13-6-10(14)11(15)7-12(13)16/h2-7,17H,16H2,1H3. The molecule has 2 nitrogen and oxygen atoms in total. The average molecular weight is 295 g/mol. The Morgan fingerprint density at radius 3 is 2.71 bits per heavy atom. The molecule has 0 bridgehead atoms. The number of benzene rings is 2. The molecule has 0 fully saturated rings. The summed E-state index contributed by atoms with van der Waals surface area (Å²) in [6, 6.07) is 10.8. The second kappa shape index (κ2) is 4.75. The molecule has 0 aliphatic rings. The van der Waals surface area contributed by atoms with Crippen LogP contribution in [0.25, 0.3) is 0 Å². The number of halogens is 2. The minimum Gasteiger partial charge on any atom is -0.397 e. The lowest BCUT2D eigenvalue weighted by atomic mass is 10.2. The molecule has 4 heteroatoms. The van der Waals surface area contributed by atoms with Crippen LogP contribution >= 0.6 is 15.9 Å². The van der Waals surface area contributed by atoms with E-state index >= 15 is 0 Å². The third-order valence-electron chi connectivity index (χ3n) is 2.39. The Morgan fingerprint density at radius 1 is 1.24 bits per heavy atom. The first kappa shape index (κ1) is 11.9. The Bertz CT molecular complexity index is 555. The molecule has 88 valence electrons. The van der Waals surface area contributed by atoms with Gasteiger partial charge in [0.1, 0.15) is 5.82 Å². The number of hydrogen-bond acceptors (Lipinski definition) is 2. The van der Waals surface area contributed by atoms with E-state index in [0.29, 0.717) is 15.8 Å². The highest BCUT2D eigenvalue weighted by Crippen LogP contribution is 2.29. The highest BCUT2D eigenvalue weighted by molar-refractivity contribution is 9.10. The number of nitrogens with two attached hydrogens (primary N) is 1. The Morgan fingerprint density at radius 2 is 2.00 bits per heavy atom. The number of aryl methyl sites for hydroxylation is 1. The van der Waals surface area contributed by atoms with Gasteiger partial charge in [-0.05, 0) is 46.6 Å². The van der Waals surface area contributed by atoms with Crippen LogP contribution in [0, 0.1) is 12.7 Å². The summed E-state index contributed by atoms with van der Waals surface area (Å²) in [5.41, 5.74) is 8.89. The highest BCUT2D eigenvalue weighted by atomic mass is 79.9. The zero-order chi connectivity index (χ0) is 12.4. The first-order valence-corrected chi connectivity index (χ1v) is 5.94. The van der Waals surface area contributed by atoms with Gasteiger partial charge < -0.3 is 11.1 Å². The average Bonchev–Trinajstić information content (AvgIpc) is 2.26. The van der Waals surface area contributed by atoms with Crippen LogP contribution < -0.4 is 11.1 Å². The van der Waals surface area contributed by atoms with Gasteiger partial charge in [0.05, 0.1) is 15.8 Å². The monoisotopic (exact) mass is 294 g/mol. The maximum atomic E-state index is 13.2. The Kier molecular flexibility index (Phi) is 3.33. The number of hydrogen-bond donors (Lipinski definition) is 2. The van der Waals surface area contributed by atoms with Crippen LogP contribution in [0.15, 0.2) is 40.9 Å². The van der Waals surface area contributed by atoms with Gasteiger partial charge in [0.25, 0.3) is 0 Å². The molecule has 0 radical (unpaired) electrons. The van der Waals surface area contributed by atoms with Crippen LogP contribution in [-0.4, -0.2) is 0 Å². The molecule has 2 rings (SSSR count). The summed E-state index contributed by atoms with van der Waals surface area (Å²) >= 11 is 3.14. The molecule has 17 heavy (non-hydrogen) atoms. The van der Waals surface area contributed by atoms with Crippen molar-refractivity contribution in [2.24, 2.45) is 0 Å². The summed E-state index contributed by atoms with van der Waals surface area (Å²) in [6.45, 7) is 2.01. The van der Waals surface area contributed by atoms with Crippen LogP contribution in [-0.2, 0) is 0 Å². The molecule has 2 aromatic rings. The van der Waals surface area contributed by atoms with Crippen molar-refractivity contribution in [2.75, 3.05) is 11.1 Å². The SMILES string of the molecule is Cc1cccc(Nc2cc(Br)c(F)cc2N)c1. The van der Waals surface area contributed by atoms with Crippen LogP contribution in [0.4, 0.5) is 21.5 Å². The van der Waals surface area contributed by atoms with E-state index in [1.54, 1.807) is 6.07 Å². The summed E-state index contributed by atoms with van der Waals surface area (Å²) in [5, 5.41) is 3.16. The second-order valence-corrected chi connectivity index (χ2v) is 4.70. The van der Waals surface area contributed by atoms with Crippen LogP contribution in [0.3, 0.4) is 0 Å². The van der Waals surface area contributed by atoms with Gasteiger partial charge in [0, 0.05) is 11.8 Å². The number of anilines is 3. The van der Waals surface area contributed by atoms with Gasteiger partial charge in [-0.2, -0.15) is 0 Å². The lowest BCUT2D eigenvalue weighted by Gasteiger charge is -2.10. The van der Waals surface area contributed by atoms with E-state index in [1.165, 1.54) is 6.07 Å². The summed E-state index contributed by atoms with van der Waals surface area (Å²) in [4.78, 5) is 0. The van der Waals surface area contributed by atoms with Crippen molar-refractivity contribution in [3.8, 4) is 0 Å². The molecule has 0 amide bonds. The molecule has 0 saturated carbocycles. The molecule has 0 spiro atoms. The van der Waals surface area contributed by atoms with Crippen molar-refractivity contribution in [1.29, 1.82) is 0 Å². The van der Waals surface area contributed by atoms with Gasteiger partial charge >= 0.3 is 0 Å². The fourth-order valence-corrected chi connectivity index (χ4v) is 1.89. The first-order chi connectivity index (χ1) is 8.06. The van der Waals surface area contributed by atoms with Gasteiger partial charge in [-0.15, -0.1) is 0 Å². The lowest BCUT2D eigenvalue weighted by Crippen LogP contribution is -1.97. The zero-order valence-corrected chi connectivity index (χ0v) is 10.9.